The van der Waals surface area contributed by atoms with Crippen LogP contribution in [0.5, 0.6) is 0 Å². The Morgan fingerprint density at radius 3 is 1.30 bits per heavy atom. The molecule has 0 fully saturated rings. The van der Waals surface area contributed by atoms with E-state index in [4.69, 9.17) is 0 Å². The number of benzene rings is 2. The van der Waals surface area contributed by atoms with E-state index in [9.17, 15) is 0 Å². The zero-order chi connectivity index (χ0) is 14.3. The summed E-state index contributed by atoms with van der Waals surface area (Å²) in [5, 5.41) is 0. The highest BCUT2D eigenvalue weighted by Gasteiger charge is 2.10. The highest BCUT2D eigenvalue weighted by atomic mass is 14.1. The quantitative estimate of drug-likeness (QED) is 0.508. The van der Waals surface area contributed by atoms with Gasteiger partial charge in [-0.25, -0.2) is 0 Å². The molecule has 0 unspecified atom stereocenters. The number of hydrogen-bond donors (Lipinski definition) is 0. The minimum Gasteiger partial charge on any atom is -0.0607 e. The van der Waals surface area contributed by atoms with Gasteiger partial charge in [0, 0.05) is 11.1 Å². The van der Waals surface area contributed by atoms with E-state index in [1.165, 1.54) is 33.4 Å². The molecule has 0 aromatic heterocycles. The first-order valence-corrected chi connectivity index (χ1v) is 6.98. The molecular formula is C20H18. The van der Waals surface area contributed by atoms with Gasteiger partial charge in [-0.3, -0.25) is 0 Å². The van der Waals surface area contributed by atoms with Crippen LogP contribution in [-0.2, 0) is 0 Å². The standard InChI is InChI=1S/C20H18/c1-13-5-6-14(2)18-11-12-20-16(4)8-7-15(3)19(20)10-9-17(13)18/h5-10H,1-4H3/b10-9-,17-9?,19-10?. The maximum absolute atomic E-state index is 3.40. The van der Waals surface area contributed by atoms with E-state index in [0.717, 1.165) is 11.1 Å². The van der Waals surface area contributed by atoms with Crippen molar-refractivity contribution in [3.8, 4) is 11.8 Å². The molecular weight excluding hydrogens is 240 g/mol. The van der Waals surface area contributed by atoms with Gasteiger partial charge in [0.2, 0.25) is 0 Å². The van der Waals surface area contributed by atoms with E-state index in [-0.39, 0.29) is 0 Å². The van der Waals surface area contributed by atoms with Crippen LogP contribution in [0.1, 0.15) is 44.5 Å². The van der Waals surface area contributed by atoms with Crippen molar-refractivity contribution in [2.75, 3.05) is 0 Å². The second-order valence-corrected chi connectivity index (χ2v) is 5.56. The Kier molecular flexibility index (Phi) is 2.99. The van der Waals surface area contributed by atoms with Crippen molar-refractivity contribution in [1.29, 1.82) is 0 Å². The Labute approximate surface area is 121 Å². The van der Waals surface area contributed by atoms with Crippen molar-refractivity contribution in [3.05, 3.63) is 68.8 Å². The van der Waals surface area contributed by atoms with E-state index >= 15 is 0 Å². The molecule has 0 nitrogen and oxygen atoms in total. The molecule has 0 atom stereocenters. The molecule has 0 aliphatic heterocycles. The summed E-state index contributed by atoms with van der Waals surface area (Å²) in [6.07, 6.45) is 4.44. The molecule has 3 rings (SSSR count). The summed E-state index contributed by atoms with van der Waals surface area (Å²) in [4.78, 5) is 0. The fourth-order valence-electron chi connectivity index (χ4n) is 2.72. The Morgan fingerprint density at radius 1 is 0.550 bits per heavy atom. The summed E-state index contributed by atoms with van der Waals surface area (Å²) in [5.74, 6) is 6.79. The van der Waals surface area contributed by atoms with Gasteiger partial charge in [-0.1, -0.05) is 48.3 Å². The van der Waals surface area contributed by atoms with E-state index in [1.54, 1.807) is 0 Å². The second kappa shape index (κ2) is 4.69. The van der Waals surface area contributed by atoms with Crippen molar-refractivity contribution in [2.24, 2.45) is 0 Å². The fraction of sp³-hybridized carbons (Fsp3) is 0.200. The number of fused-ring (bicyclic) bond motifs is 2. The van der Waals surface area contributed by atoms with Crippen LogP contribution in [0.4, 0.5) is 0 Å². The monoisotopic (exact) mass is 258 g/mol. The molecule has 0 heteroatoms. The van der Waals surface area contributed by atoms with E-state index in [1.807, 2.05) is 0 Å². The molecule has 1 aliphatic carbocycles. The van der Waals surface area contributed by atoms with Crippen molar-refractivity contribution in [2.45, 2.75) is 27.7 Å². The summed E-state index contributed by atoms with van der Waals surface area (Å²) in [5.41, 5.74) is 9.89. The van der Waals surface area contributed by atoms with Crippen molar-refractivity contribution in [1.82, 2.24) is 0 Å². The van der Waals surface area contributed by atoms with Crippen molar-refractivity contribution < 1.29 is 0 Å². The Hall–Kier alpha value is -2.26. The lowest BCUT2D eigenvalue weighted by atomic mass is 9.91. The minimum atomic E-state index is 1.16. The molecule has 20 heavy (non-hydrogen) atoms. The summed E-state index contributed by atoms with van der Waals surface area (Å²) in [6.45, 7) is 8.56. The maximum Gasteiger partial charge on any atom is 0.0353 e. The predicted molar refractivity (Wildman–Crippen MR) is 86.7 cm³/mol. The largest absolute Gasteiger partial charge is 0.0607 e. The second-order valence-electron chi connectivity index (χ2n) is 5.56. The van der Waals surface area contributed by atoms with Gasteiger partial charge in [0.25, 0.3) is 0 Å². The minimum absolute atomic E-state index is 1.16. The van der Waals surface area contributed by atoms with Gasteiger partial charge in [-0.05, 0) is 61.1 Å². The first-order valence-electron chi connectivity index (χ1n) is 6.98. The maximum atomic E-state index is 3.40. The third-order valence-corrected chi connectivity index (χ3v) is 4.07. The molecule has 2 aromatic rings. The molecule has 0 saturated carbocycles. The van der Waals surface area contributed by atoms with Crippen LogP contribution in [0.15, 0.2) is 24.3 Å². The zero-order valence-corrected chi connectivity index (χ0v) is 12.5. The molecule has 0 heterocycles. The SMILES string of the molecule is Cc1ccc(C)c2c1C#Cc1c(C)ccc(C)c1/C=C\2. The van der Waals surface area contributed by atoms with Gasteiger partial charge in [0.1, 0.15) is 0 Å². The molecule has 0 radical (unpaired) electrons. The third kappa shape index (κ3) is 1.96. The lowest BCUT2D eigenvalue weighted by molar-refractivity contribution is 1.33. The first kappa shape index (κ1) is 12.8. The molecule has 98 valence electrons. The predicted octanol–water partition coefficient (Wildman–Crippen LogP) is 4.80. The van der Waals surface area contributed by atoms with Crippen molar-refractivity contribution >= 4 is 12.2 Å². The van der Waals surface area contributed by atoms with Crippen LogP contribution < -0.4 is 0 Å². The Morgan fingerprint density at radius 2 is 0.900 bits per heavy atom. The smallest absolute Gasteiger partial charge is 0.0353 e. The van der Waals surface area contributed by atoms with Crippen LogP contribution in [-0.4, -0.2) is 0 Å². The Bertz CT molecular complexity index is 728. The molecule has 1 aliphatic rings. The highest BCUT2D eigenvalue weighted by molar-refractivity contribution is 5.81. The lowest BCUT2D eigenvalue weighted by Gasteiger charge is -2.12. The molecule has 2 aromatic carbocycles. The fourth-order valence-corrected chi connectivity index (χ4v) is 2.72. The van der Waals surface area contributed by atoms with Gasteiger partial charge in [0.15, 0.2) is 0 Å². The van der Waals surface area contributed by atoms with E-state index < -0.39 is 0 Å². The average Bonchev–Trinajstić information content (AvgIpc) is 2.39. The first-order chi connectivity index (χ1) is 9.58. The van der Waals surface area contributed by atoms with Gasteiger partial charge < -0.3 is 0 Å². The topological polar surface area (TPSA) is 0 Å². The summed E-state index contributed by atoms with van der Waals surface area (Å²) in [6, 6.07) is 8.65. The normalized spacial score (nSPS) is 13.4. The molecule has 0 amide bonds. The average molecular weight is 258 g/mol. The number of rotatable bonds is 0. The van der Waals surface area contributed by atoms with Crippen LogP contribution in [0.3, 0.4) is 0 Å². The van der Waals surface area contributed by atoms with Gasteiger partial charge >= 0.3 is 0 Å². The molecule has 0 saturated heterocycles. The van der Waals surface area contributed by atoms with Crippen LogP contribution in [0, 0.1) is 39.5 Å². The molecule has 0 spiro atoms. The van der Waals surface area contributed by atoms with Gasteiger partial charge in [-0.15, -0.1) is 0 Å². The summed E-state index contributed by atoms with van der Waals surface area (Å²) >= 11 is 0. The summed E-state index contributed by atoms with van der Waals surface area (Å²) < 4.78 is 0. The number of hydrogen-bond acceptors (Lipinski definition) is 0. The van der Waals surface area contributed by atoms with E-state index in [0.29, 0.717) is 0 Å². The number of aryl methyl sites for hydroxylation is 4. The summed E-state index contributed by atoms with van der Waals surface area (Å²) in [7, 11) is 0. The van der Waals surface area contributed by atoms with Gasteiger partial charge in [-0.2, -0.15) is 0 Å². The van der Waals surface area contributed by atoms with E-state index in [2.05, 4.69) is 76.0 Å². The lowest BCUT2D eigenvalue weighted by Crippen LogP contribution is -1.97. The van der Waals surface area contributed by atoms with Gasteiger partial charge in [0.05, 0.1) is 0 Å². The van der Waals surface area contributed by atoms with Crippen molar-refractivity contribution in [3.63, 3.8) is 0 Å². The van der Waals surface area contributed by atoms with Crippen LogP contribution in [0.25, 0.3) is 12.2 Å². The zero-order valence-electron chi connectivity index (χ0n) is 12.5. The van der Waals surface area contributed by atoms with Crippen LogP contribution >= 0.6 is 0 Å². The molecule has 0 N–H and O–H groups in total. The molecule has 0 bridgehead atoms. The third-order valence-electron chi connectivity index (χ3n) is 4.07. The Balaban J connectivity index is 2.34. The van der Waals surface area contributed by atoms with Crippen LogP contribution in [0.2, 0.25) is 0 Å². The highest BCUT2D eigenvalue weighted by Crippen LogP contribution is 2.26.